The maximum Gasteiger partial charge on any atom is 0.191 e. The van der Waals surface area contributed by atoms with E-state index in [2.05, 4.69) is 44.9 Å². The molecule has 28 heavy (non-hydrogen) atoms. The first-order valence-electron chi connectivity index (χ1n) is 8.97. The number of nitrogens with zero attached hydrogens (tertiary/aromatic N) is 2. The summed E-state index contributed by atoms with van der Waals surface area (Å²) in [5, 5.41) is 7.81. The molecule has 0 aliphatic carbocycles. The predicted octanol–water partition coefficient (Wildman–Crippen LogP) is 4.78. The number of imidazole rings is 1. The minimum absolute atomic E-state index is 0.402. The van der Waals surface area contributed by atoms with Gasteiger partial charge in [-0.1, -0.05) is 6.92 Å². The summed E-state index contributed by atoms with van der Waals surface area (Å²) >= 11 is 7.14. The molecule has 0 aliphatic heterocycles. The van der Waals surface area contributed by atoms with E-state index in [-0.39, 0.29) is 0 Å². The molecular weight excluding hydrogens is 390 g/mol. The molecule has 0 saturated heterocycles. The summed E-state index contributed by atoms with van der Waals surface area (Å²) in [5.41, 5.74) is 6.35. The van der Waals surface area contributed by atoms with E-state index in [1.54, 1.807) is 7.11 Å². The Morgan fingerprint density at radius 2 is 2.04 bits per heavy atom. The van der Waals surface area contributed by atoms with Crippen LogP contribution < -0.4 is 15.5 Å². The molecule has 3 rings (SSSR count). The van der Waals surface area contributed by atoms with Gasteiger partial charge in [0, 0.05) is 10.6 Å². The zero-order valence-corrected chi connectivity index (χ0v) is 17.7. The van der Waals surface area contributed by atoms with Crippen molar-refractivity contribution in [1.29, 1.82) is 0 Å². The van der Waals surface area contributed by atoms with Gasteiger partial charge in [0.05, 0.1) is 18.1 Å². The van der Waals surface area contributed by atoms with Crippen molar-refractivity contribution in [3.63, 3.8) is 0 Å². The fourth-order valence-corrected chi connectivity index (χ4v) is 3.46. The molecule has 1 heterocycles. The summed E-state index contributed by atoms with van der Waals surface area (Å²) in [7, 11) is 1.63. The number of hydrogen-bond acceptors (Lipinski definition) is 5. The third-order valence-electron chi connectivity index (χ3n) is 3.94. The summed E-state index contributed by atoms with van der Waals surface area (Å²) in [6, 6.07) is 13.8. The quantitative estimate of drug-likeness (QED) is 0.224. The van der Waals surface area contributed by atoms with Crippen molar-refractivity contribution in [2.75, 3.05) is 18.2 Å². The molecule has 0 bridgehead atoms. The summed E-state index contributed by atoms with van der Waals surface area (Å²) in [6.45, 7) is 4.06. The van der Waals surface area contributed by atoms with E-state index >= 15 is 0 Å². The smallest absolute Gasteiger partial charge is 0.191 e. The van der Waals surface area contributed by atoms with Crippen LogP contribution in [0.1, 0.15) is 26.1 Å². The molecule has 146 valence electrons. The first-order chi connectivity index (χ1) is 13.6. The van der Waals surface area contributed by atoms with Crippen LogP contribution in [-0.2, 0) is 0 Å². The number of aromatic amines is 1. The molecule has 0 fully saturated rings. The fraction of sp³-hybridized carbons (Fsp3) is 0.250. The maximum absolute atomic E-state index is 5.29. The summed E-state index contributed by atoms with van der Waals surface area (Å²) in [6.07, 6.45) is 1.15. The molecule has 3 aromatic rings. The number of aromatic nitrogens is 2. The Morgan fingerprint density at radius 3 is 2.75 bits per heavy atom. The Morgan fingerprint density at radius 1 is 1.25 bits per heavy atom. The highest BCUT2D eigenvalue weighted by Gasteiger charge is 2.07. The number of hydrogen-bond donors (Lipinski definition) is 3. The summed E-state index contributed by atoms with van der Waals surface area (Å²) < 4.78 is 5.14. The highest BCUT2D eigenvalue weighted by molar-refractivity contribution is 7.99. The highest BCUT2D eigenvalue weighted by atomic mass is 32.2. The van der Waals surface area contributed by atoms with Crippen LogP contribution in [0.5, 0.6) is 5.75 Å². The van der Waals surface area contributed by atoms with Crippen molar-refractivity contribution in [2.24, 2.45) is 5.10 Å². The number of H-pyrrole nitrogens is 1. The molecule has 0 unspecified atom stereocenters. The van der Waals surface area contributed by atoms with Gasteiger partial charge in [-0.2, -0.15) is 5.10 Å². The minimum atomic E-state index is 0.402. The lowest BCUT2D eigenvalue weighted by molar-refractivity contribution is 0.415. The number of methoxy groups -OCH3 is 1. The van der Waals surface area contributed by atoms with Crippen LogP contribution in [0.25, 0.3) is 11.0 Å². The van der Waals surface area contributed by atoms with E-state index in [1.807, 2.05) is 49.0 Å². The van der Waals surface area contributed by atoms with E-state index in [1.165, 1.54) is 4.90 Å². The molecule has 0 atom stereocenters. The number of nitrogens with one attached hydrogen (secondary N) is 3. The van der Waals surface area contributed by atoms with Crippen LogP contribution in [0.2, 0.25) is 0 Å². The number of anilines is 1. The molecule has 0 spiro atoms. The van der Waals surface area contributed by atoms with Gasteiger partial charge in [-0.3, -0.25) is 5.43 Å². The second-order valence-electron chi connectivity index (χ2n) is 6.10. The lowest BCUT2D eigenvalue weighted by atomic mass is 10.3. The number of thioether (sulfide) groups is 1. The Hall–Kier alpha value is -2.58. The standard InChI is InChI=1S/C20H23N5OS2/c1-4-11-28-16-9-10-17-18(12-16)23-19(22-17)13(2)24-25-20(27)21-14-5-7-15(26-3)8-6-14/h5-10,12H,4,11H2,1-3H3,(H,22,23)(H2,21,25,27)/b24-13+. The summed E-state index contributed by atoms with van der Waals surface area (Å²) in [4.78, 5) is 9.17. The number of benzene rings is 2. The third-order valence-corrected chi connectivity index (χ3v) is 5.33. The van der Waals surface area contributed by atoms with E-state index in [4.69, 9.17) is 17.0 Å². The van der Waals surface area contributed by atoms with Crippen LogP contribution in [0.3, 0.4) is 0 Å². The second kappa shape index (κ2) is 9.57. The number of hydrazone groups is 1. The lowest BCUT2D eigenvalue weighted by Gasteiger charge is -2.08. The number of ether oxygens (including phenoxy) is 1. The van der Waals surface area contributed by atoms with E-state index < -0.39 is 0 Å². The van der Waals surface area contributed by atoms with Gasteiger partial charge in [-0.25, -0.2) is 4.98 Å². The monoisotopic (exact) mass is 413 g/mol. The molecule has 3 N–H and O–H groups in total. The topological polar surface area (TPSA) is 74.3 Å². The molecule has 1 aromatic heterocycles. The van der Waals surface area contributed by atoms with Gasteiger partial charge < -0.3 is 15.0 Å². The molecule has 8 heteroatoms. The fourth-order valence-electron chi connectivity index (χ4n) is 2.49. The van der Waals surface area contributed by atoms with E-state index in [0.717, 1.165) is 40.4 Å². The van der Waals surface area contributed by atoms with Crippen molar-refractivity contribution >= 4 is 51.5 Å². The summed E-state index contributed by atoms with van der Waals surface area (Å²) in [5.74, 6) is 2.61. The predicted molar refractivity (Wildman–Crippen MR) is 122 cm³/mol. The number of thiocarbonyl (C=S) groups is 1. The Kier molecular flexibility index (Phi) is 6.89. The zero-order valence-electron chi connectivity index (χ0n) is 16.1. The van der Waals surface area contributed by atoms with E-state index in [9.17, 15) is 0 Å². The van der Waals surface area contributed by atoms with Crippen LogP contribution in [0.15, 0.2) is 52.5 Å². The average Bonchev–Trinajstić information content (AvgIpc) is 3.14. The zero-order chi connectivity index (χ0) is 19.9. The van der Waals surface area contributed by atoms with Crippen molar-refractivity contribution in [3.05, 3.63) is 48.3 Å². The molecule has 0 amide bonds. The van der Waals surface area contributed by atoms with Crippen LogP contribution >= 0.6 is 24.0 Å². The first kappa shape index (κ1) is 20.2. The van der Waals surface area contributed by atoms with Crippen molar-refractivity contribution in [1.82, 2.24) is 15.4 Å². The third kappa shape index (κ3) is 5.24. The van der Waals surface area contributed by atoms with Crippen LogP contribution in [-0.4, -0.2) is 33.7 Å². The van der Waals surface area contributed by atoms with Crippen molar-refractivity contribution in [2.45, 2.75) is 25.2 Å². The largest absolute Gasteiger partial charge is 0.497 e. The van der Waals surface area contributed by atoms with Gasteiger partial charge in [0.2, 0.25) is 0 Å². The van der Waals surface area contributed by atoms with E-state index in [0.29, 0.717) is 10.9 Å². The second-order valence-corrected chi connectivity index (χ2v) is 7.68. The normalized spacial score (nSPS) is 11.5. The lowest BCUT2D eigenvalue weighted by Crippen LogP contribution is -2.25. The van der Waals surface area contributed by atoms with Gasteiger partial charge in [0.25, 0.3) is 0 Å². The molecule has 6 nitrogen and oxygen atoms in total. The van der Waals surface area contributed by atoms with Gasteiger partial charge in [0.15, 0.2) is 10.9 Å². The van der Waals surface area contributed by atoms with Crippen LogP contribution in [0, 0.1) is 0 Å². The minimum Gasteiger partial charge on any atom is -0.497 e. The SMILES string of the molecule is CCCSc1ccc2nc(/C(C)=N/NC(=S)Nc3ccc(OC)cc3)[nH]c2c1. The maximum atomic E-state index is 5.29. The average molecular weight is 414 g/mol. The molecule has 0 radical (unpaired) electrons. The Bertz CT molecular complexity index is 982. The van der Waals surface area contributed by atoms with Gasteiger partial charge in [0.1, 0.15) is 11.5 Å². The Balaban J connectivity index is 1.64. The molecule has 0 aliphatic rings. The molecule has 2 aromatic carbocycles. The Labute approximate surface area is 174 Å². The highest BCUT2D eigenvalue weighted by Crippen LogP contribution is 2.23. The van der Waals surface area contributed by atoms with Crippen molar-refractivity contribution in [3.8, 4) is 5.75 Å². The molecule has 0 saturated carbocycles. The first-order valence-corrected chi connectivity index (χ1v) is 10.4. The van der Waals surface area contributed by atoms with Crippen LogP contribution in [0.4, 0.5) is 5.69 Å². The molecular formula is C20H23N5OS2. The van der Waals surface area contributed by atoms with Gasteiger partial charge in [-0.15, -0.1) is 11.8 Å². The van der Waals surface area contributed by atoms with Gasteiger partial charge >= 0.3 is 0 Å². The number of rotatable bonds is 7. The van der Waals surface area contributed by atoms with Crippen molar-refractivity contribution < 1.29 is 4.74 Å². The number of fused-ring (bicyclic) bond motifs is 1. The van der Waals surface area contributed by atoms with Gasteiger partial charge in [-0.05, 0) is 73.8 Å².